The number of aryl methyl sites for hydroxylation is 1. The van der Waals surface area contributed by atoms with Crippen LogP contribution in [-0.2, 0) is 11.2 Å². The average Bonchev–Trinajstić information content (AvgIpc) is 2.28. The Balaban J connectivity index is 2.84. The lowest BCUT2D eigenvalue weighted by atomic mass is 10.1. The number of alkyl halides is 1. The molecule has 88 valence electrons. The minimum Gasteiger partial charge on any atom is -0.462 e. The van der Waals surface area contributed by atoms with Crippen LogP contribution in [0.1, 0.15) is 29.3 Å². The van der Waals surface area contributed by atoms with E-state index in [0.717, 1.165) is 17.3 Å². The molecule has 0 fully saturated rings. The molecule has 0 saturated carbocycles. The lowest BCUT2D eigenvalue weighted by Crippen LogP contribution is -2.05. The van der Waals surface area contributed by atoms with Crippen molar-refractivity contribution >= 4 is 51.2 Å². The van der Waals surface area contributed by atoms with E-state index < -0.39 is 0 Å². The summed E-state index contributed by atoms with van der Waals surface area (Å²) in [5.74, 6) is -0.227. The number of halogens is 2. The summed E-state index contributed by atoms with van der Waals surface area (Å²) in [5, 5.41) is 0. The zero-order valence-corrected chi connectivity index (χ0v) is 13.4. The van der Waals surface area contributed by atoms with E-state index in [0.29, 0.717) is 12.2 Å². The van der Waals surface area contributed by atoms with E-state index in [4.69, 9.17) is 4.74 Å². The van der Waals surface area contributed by atoms with Crippen LogP contribution in [0, 0.1) is 3.57 Å². The fourth-order valence-corrected chi connectivity index (χ4v) is 2.35. The Kier molecular flexibility index (Phi) is 6.64. The molecule has 0 N–H and O–H groups in total. The molecule has 0 saturated heterocycles. The van der Waals surface area contributed by atoms with Gasteiger partial charge in [-0.25, -0.2) is 4.79 Å². The highest BCUT2D eigenvalue weighted by atomic mass is 127. The number of rotatable bonds is 5. The Morgan fingerprint density at radius 2 is 2.19 bits per heavy atom. The van der Waals surface area contributed by atoms with Crippen molar-refractivity contribution in [3.63, 3.8) is 0 Å². The average molecular weight is 444 g/mol. The first-order valence-electron chi connectivity index (χ1n) is 5.20. The molecule has 0 spiro atoms. The van der Waals surface area contributed by atoms with Gasteiger partial charge in [-0.05, 0) is 70.5 Å². The van der Waals surface area contributed by atoms with Gasteiger partial charge in [0.05, 0.1) is 12.2 Å². The smallest absolute Gasteiger partial charge is 0.338 e. The van der Waals surface area contributed by atoms with Crippen molar-refractivity contribution < 1.29 is 9.53 Å². The van der Waals surface area contributed by atoms with E-state index in [9.17, 15) is 4.79 Å². The van der Waals surface area contributed by atoms with E-state index in [-0.39, 0.29) is 5.97 Å². The van der Waals surface area contributed by atoms with Crippen molar-refractivity contribution in [3.05, 3.63) is 32.9 Å². The maximum atomic E-state index is 11.6. The fourth-order valence-electron chi connectivity index (χ4n) is 1.36. The minimum atomic E-state index is -0.227. The normalized spacial score (nSPS) is 10.2. The van der Waals surface area contributed by atoms with Crippen LogP contribution in [0.5, 0.6) is 0 Å². The van der Waals surface area contributed by atoms with Gasteiger partial charge in [-0.2, -0.15) is 0 Å². The third kappa shape index (κ3) is 4.20. The Labute approximate surface area is 123 Å². The summed E-state index contributed by atoms with van der Waals surface area (Å²) >= 11 is 4.67. The van der Waals surface area contributed by atoms with Crippen molar-refractivity contribution in [1.82, 2.24) is 0 Å². The number of hydrogen-bond acceptors (Lipinski definition) is 2. The molecule has 2 nitrogen and oxygen atoms in total. The van der Waals surface area contributed by atoms with Gasteiger partial charge < -0.3 is 4.74 Å². The molecule has 1 aromatic rings. The Bertz CT molecular complexity index is 364. The maximum absolute atomic E-state index is 11.6. The SMILES string of the molecule is CCOC(=O)c1ccc(I)c(CCCI)c1. The van der Waals surface area contributed by atoms with Crippen LogP contribution in [0.3, 0.4) is 0 Å². The fraction of sp³-hybridized carbons (Fsp3) is 0.417. The lowest BCUT2D eigenvalue weighted by molar-refractivity contribution is 0.0526. The number of carbonyl (C=O) groups excluding carboxylic acids is 1. The van der Waals surface area contributed by atoms with Gasteiger partial charge in [-0.3, -0.25) is 0 Å². The van der Waals surface area contributed by atoms with E-state index >= 15 is 0 Å². The topological polar surface area (TPSA) is 26.3 Å². The van der Waals surface area contributed by atoms with E-state index in [1.54, 1.807) is 0 Å². The maximum Gasteiger partial charge on any atom is 0.338 e. The summed E-state index contributed by atoms with van der Waals surface area (Å²) in [6.07, 6.45) is 2.16. The largest absolute Gasteiger partial charge is 0.462 e. The third-order valence-corrected chi connectivity index (χ3v) is 3.95. The summed E-state index contributed by atoms with van der Waals surface area (Å²) in [7, 11) is 0. The molecule has 0 amide bonds. The third-order valence-electron chi connectivity index (χ3n) is 2.14. The second-order valence-electron chi connectivity index (χ2n) is 3.32. The first-order valence-corrected chi connectivity index (χ1v) is 7.81. The van der Waals surface area contributed by atoms with Gasteiger partial charge >= 0.3 is 5.97 Å². The Hall–Kier alpha value is 0.150. The molecule has 0 heterocycles. The van der Waals surface area contributed by atoms with Crippen LogP contribution in [0.25, 0.3) is 0 Å². The molecule has 0 bridgehead atoms. The van der Waals surface area contributed by atoms with Gasteiger partial charge in [0.1, 0.15) is 0 Å². The van der Waals surface area contributed by atoms with E-state index in [1.807, 2.05) is 25.1 Å². The van der Waals surface area contributed by atoms with Gasteiger partial charge in [0, 0.05) is 3.57 Å². The monoisotopic (exact) mass is 444 g/mol. The molecule has 0 aliphatic rings. The molecule has 1 rings (SSSR count). The van der Waals surface area contributed by atoms with Gasteiger partial charge in [-0.15, -0.1) is 0 Å². The number of carbonyl (C=O) groups is 1. The van der Waals surface area contributed by atoms with Crippen LogP contribution in [0.2, 0.25) is 0 Å². The second kappa shape index (κ2) is 7.47. The second-order valence-corrected chi connectivity index (χ2v) is 5.56. The quantitative estimate of drug-likeness (QED) is 0.392. The Morgan fingerprint density at radius 3 is 2.81 bits per heavy atom. The molecule has 0 aliphatic heterocycles. The van der Waals surface area contributed by atoms with Gasteiger partial charge in [0.15, 0.2) is 0 Å². The van der Waals surface area contributed by atoms with Crippen LogP contribution < -0.4 is 0 Å². The summed E-state index contributed by atoms with van der Waals surface area (Å²) < 4.78 is 7.34. The van der Waals surface area contributed by atoms with Crippen molar-refractivity contribution in [2.75, 3.05) is 11.0 Å². The molecule has 0 aromatic heterocycles. The van der Waals surface area contributed by atoms with Crippen molar-refractivity contribution in [1.29, 1.82) is 0 Å². The standard InChI is InChI=1S/C12H14I2O2/c1-2-16-12(15)10-5-6-11(14)9(8-10)4-3-7-13/h5-6,8H,2-4,7H2,1H3. The van der Waals surface area contributed by atoms with Crippen LogP contribution >= 0.6 is 45.2 Å². The molecular weight excluding hydrogens is 430 g/mol. The zero-order valence-electron chi connectivity index (χ0n) is 9.13. The van der Waals surface area contributed by atoms with Crippen LogP contribution in [0.15, 0.2) is 18.2 Å². The molecular formula is C12H14I2O2. The highest BCUT2D eigenvalue weighted by Crippen LogP contribution is 2.17. The predicted molar refractivity (Wildman–Crippen MR) is 82.3 cm³/mol. The van der Waals surface area contributed by atoms with Crippen molar-refractivity contribution in [3.8, 4) is 0 Å². The van der Waals surface area contributed by atoms with E-state index in [1.165, 1.54) is 9.13 Å². The Morgan fingerprint density at radius 1 is 1.44 bits per heavy atom. The first-order chi connectivity index (χ1) is 7.69. The minimum absolute atomic E-state index is 0.227. The molecule has 0 unspecified atom stereocenters. The summed E-state index contributed by atoms with van der Waals surface area (Å²) in [4.78, 5) is 11.6. The van der Waals surface area contributed by atoms with Gasteiger partial charge in [0.2, 0.25) is 0 Å². The van der Waals surface area contributed by atoms with Gasteiger partial charge in [0.25, 0.3) is 0 Å². The molecule has 0 radical (unpaired) electrons. The predicted octanol–water partition coefficient (Wildman–Crippen LogP) is 3.84. The number of hydrogen-bond donors (Lipinski definition) is 0. The molecule has 4 heteroatoms. The highest BCUT2D eigenvalue weighted by molar-refractivity contribution is 14.1. The summed E-state index contributed by atoms with van der Waals surface area (Å²) in [6.45, 7) is 2.25. The van der Waals surface area contributed by atoms with Crippen LogP contribution in [0.4, 0.5) is 0 Å². The number of benzene rings is 1. The van der Waals surface area contributed by atoms with Gasteiger partial charge in [-0.1, -0.05) is 22.6 Å². The van der Waals surface area contributed by atoms with E-state index in [2.05, 4.69) is 45.2 Å². The number of esters is 1. The first kappa shape index (κ1) is 14.2. The van der Waals surface area contributed by atoms with Crippen molar-refractivity contribution in [2.45, 2.75) is 19.8 Å². The molecule has 16 heavy (non-hydrogen) atoms. The zero-order chi connectivity index (χ0) is 12.0. The highest BCUT2D eigenvalue weighted by Gasteiger charge is 2.08. The lowest BCUT2D eigenvalue weighted by Gasteiger charge is -2.07. The molecule has 1 aromatic carbocycles. The van der Waals surface area contributed by atoms with Crippen molar-refractivity contribution in [2.24, 2.45) is 0 Å². The molecule has 0 atom stereocenters. The van der Waals surface area contributed by atoms with Crippen LogP contribution in [-0.4, -0.2) is 17.0 Å². The number of ether oxygens (including phenoxy) is 1. The molecule has 0 aliphatic carbocycles. The summed E-state index contributed by atoms with van der Waals surface area (Å²) in [6, 6.07) is 5.76. The summed E-state index contributed by atoms with van der Waals surface area (Å²) in [5.41, 5.74) is 1.90.